The second-order valence-corrected chi connectivity index (χ2v) is 8.90. The first-order valence-corrected chi connectivity index (χ1v) is 10.5. The minimum Gasteiger partial charge on any atom is -0.345 e. The Morgan fingerprint density at radius 1 is 1.15 bits per heavy atom. The number of rotatable bonds is 6. The summed E-state index contributed by atoms with van der Waals surface area (Å²) in [5.74, 6) is -0.938. The van der Waals surface area contributed by atoms with Crippen molar-refractivity contribution in [3.8, 4) is 0 Å². The van der Waals surface area contributed by atoms with E-state index in [2.05, 4.69) is 10.0 Å². The highest BCUT2D eigenvalue weighted by Gasteiger charge is 2.30. The fourth-order valence-electron chi connectivity index (χ4n) is 2.50. The summed E-state index contributed by atoms with van der Waals surface area (Å²) in [4.78, 5) is 12.4. The first-order chi connectivity index (χ1) is 12.7. The number of hydrogen-bond donors (Lipinski definition) is 2. The van der Waals surface area contributed by atoms with E-state index in [1.807, 2.05) is 0 Å². The molecule has 1 unspecified atom stereocenters. The normalized spacial score (nSPS) is 15.4. The van der Waals surface area contributed by atoms with Crippen LogP contribution >= 0.6 is 23.2 Å². The van der Waals surface area contributed by atoms with Crippen molar-refractivity contribution in [2.24, 2.45) is 0 Å². The number of sulfonamides is 1. The van der Waals surface area contributed by atoms with Crippen molar-refractivity contribution in [2.75, 3.05) is 0 Å². The molecule has 1 amide bonds. The van der Waals surface area contributed by atoms with Gasteiger partial charge in [0.2, 0.25) is 10.0 Å². The standard InChI is InChI=1S/C18H17Cl2FN2O3S/c1-10(11-2-4-12(21)5-3-11)22-18(24)14-8-17(16(20)9-15(14)19)27(25,26)23-13-6-7-13/h2-5,8-10,13,23H,6-7H2,1H3,(H,22,24). The summed E-state index contributed by atoms with van der Waals surface area (Å²) < 4.78 is 40.5. The maximum Gasteiger partial charge on any atom is 0.253 e. The summed E-state index contributed by atoms with van der Waals surface area (Å²) in [7, 11) is -3.85. The van der Waals surface area contributed by atoms with Crippen molar-refractivity contribution in [3.63, 3.8) is 0 Å². The summed E-state index contributed by atoms with van der Waals surface area (Å²) in [5.41, 5.74) is 0.685. The molecule has 2 aromatic rings. The van der Waals surface area contributed by atoms with Gasteiger partial charge in [-0.25, -0.2) is 17.5 Å². The van der Waals surface area contributed by atoms with Crippen LogP contribution < -0.4 is 10.0 Å². The summed E-state index contributed by atoms with van der Waals surface area (Å²) in [6.07, 6.45) is 1.54. The molecule has 1 aliphatic rings. The van der Waals surface area contributed by atoms with E-state index in [1.54, 1.807) is 19.1 Å². The van der Waals surface area contributed by atoms with E-state index in [9.17, 15) is 17.6 Å². The topological polar surface area (TPSA) is 75.3 Å². The number of hydrogen-bond acceptors (Lipinski definition) is 3. The van der Waals surface area contributed by atoms with Crippen LogP contribution in [0.15, 0.2) is 41.3 Å². The predicted octanol–water partition coefficient (Wildman–Crippen LogP) is 4.06. The number of benzene rings is 2. The zero-order chi connectivity index (χ0) is 19.8. The van der Waals surface area contributed by atoms with Crippen LogP contribution in [0.4, 0.5) is 4.39 Å². The maximum absolute atomic E-state index is 13.0. The van der Waals surface area contributed by atoms with Gasteiger partial charge in [-0.1, -0.05) is 35.3 Å². The SMILES string of the molecule is CC(NC(=O)c1cc(S(=O)(=O)NC2CC2)c(Cl)cc1Cl)c1ccc(F)cc1. The van der Waals surface area contributed by atoms with Gasteiger partial charge < -0.3 is 5.32 Å². The third kappa shape index (κ3) is 4.79. The molecule has 0 heterocycles. The molecule has 9 heteroatoms. The first kappa shape index (κ1) is 20.1. The zero-order valence-electron chi connectivity index (χ0n) is 14.3. The molecule has 0 aliphatic heterocycles. The summed E-state index contributed by atoms with van der Waals surface area (Å²) in [5, 5.41) is 2.70. The molecule has 0 aromatic heterocycles. The van der Waals surface area contributed by atoms with E-state index < -0.39 is 22.0 Å². The van der Waals surface area contributed by atoms with E-state index in [1.165, 1.54) is 24.3 Å². The number of amides is 1. The van der Waals surface area contributed by atoms with Gasteiger partial charge in [-0.2, -0.15) is 0 Å². The Hall–Kier alpha value is -1.67. The van der Waals surface area contributed by atoms with Gasteiger partial charge in [0.1, 0.15) is 10.7 Å². The smallest absolute Gasteiger partial charge is 0.253 e. The summed E-state index contributed by atoms with van der Waals surface area (Å²) in [6.45, 7) is 1.72. The Bertz CT molecular complexity index is 977. The molecule has 1 atom stereocenters. The fraction of sp³-hybridized carbons (Fsp3) is 0.278. The van der Waals surface area contributed by atoms with E-state index >= 15 is 0 Å². The van der Waals surface area contributed by atoms with Crippen molar-refractivity contribution < 1.29 is 17.6 Å². The van der Waals surface area contributed by atoms with Crippen molar-refractivity contribution in [3.05, 3.63) is 63.4 Å². The van der Waals surface area contributed by atoms with Gasteiger partial charge in [-0.15, -0.1) is 0 Å². The molecule has 2 N–H and O–H groups in total. The lowest BCUT2D eigenvalue weighted by Gasteiger charge is -2.16. The van der Waals surface area contributed by atoms with E-state index in [0.29, 0.717) is 5.56 Å². The molecule has 0 spiro atoms. The van der Waals surface area contributed by atoms with Crippen molar-refractivity contribution in [1.29, 1.82) is 0 Å². The van der Waals surface area contributed by atoms with Crippen LogP contribution in [-0.2, 0) is 10.0 Å². The Labute approximate surface area is 166 Å². The second-order valence-electron chi connectivity index (χ2n) is 6.40. The van der Waals surface area contributed by atoms with E-state index in [4.69, 9.17) is 23.2 Å². The molecule has 1 aliphatic carbocycles. The molecule has 5 nitrogen and oxygen atoms in total. The molecule has 2 aromatic carbocycles. The highest BCUT2D eigenvalue weighted by atomic mass is 35.5. The number of carbonyl (C=O) groups excluding carboxylic acids is 1. The van der Waals surface area contributed by atoms with Crippen molar-refractivity contribution in [2.45, 2.75) is 36.7 Å². The molecule has 144 valence electrons. The molecular weight excluding hydrogens is 414 g/mol. The molecule has 27 heavy (non-hydrogen) atoms. The summed E-state index contributed by atoms with van der Waals surface area (Å²) >= 11 is 12.1. The van der Waals surface area contributed by atoms with Gasteiger partial charge in [0.05, 0.1) is 21.7 Å². The summed E-state index contributed by atoms with van der Waals surface area (Å²) in [6, 6.07) is 7.57. The highest BCUT2D eigenvalue weighted by Crippen LogP contribution is 2.31. The van der Waals surface area contributed by atoms with Gasteiger partial charge >= 0.3 is 0 Å². The Balaban J connectivity index is 1.85. The minimum absolute atomic E-state index is 0.00815. The van der Waals surface area contributed by atoms with Gasteiger partial charge in [-0.05, 0) is 49.6 Å². The number of nitrogens with one attached hydrogen (secondary N) is 2. The van der Waals surface area contributed by atoms with Crippen LogP contribution in [0.5, 0.6) is 0 Å². The monoisotopic (exact) mass is 430 g/mol. The molecule has 1 fully saturated rings. The van der Waals surface area contributed by atoms with Crippen molar-refractivity contribution >= 4 is 39.1 Å². The molecule has 1 saturated carbocycles. The van der Waals surface area contributed by atoms with Crippen LogP contribution in [0.1, 0.15) is 41.7 Å². The molecular formula is C18H17Cl2FN2O3S. The predicted molar refractivity (Wildman–Crippen MR) is 102 cm³/mol. The average Bonchev–Trinajstić information content (AvgIpc) is 3.38. The molecule has 3 rings (SSSR count). The van der Waals surface area contributed by atoms with Crippen molar-refractivity contribution in [1.82, 2.24) is 10.0 Å². The van der Waals surface area contributed by atoms with Crippen LogP contribution in [-0.4, -0.2) is 20.4 Å². The van der Waals surface area contributed by atoms with Gasteiger partial charge in [0.15, 0.2) is 0 Å². The first-order valence-electron chi connectivity index (χ1n) is 8.25. The zero-order valence-corrected chi connectivity index (χ0v) is 16.6. The third-order valence-corrected chi connectivity index (χ3v) is 6.47. The second kappa shape index (κ2) is 7.75. The molecule has 0 radical (unpaired) electrons. The quantitative estimate of drug-likeness (QED) is 0.725. The van der Waals surface area contributed by atoms with Gasteiger partial charge in [0.25, 0.3) is 5.91 Å². The van der Waals surface area contributed by atoms with E-state index in [0.717, 1.165) is 12.8 Å². The highest BCUT2D eigenvalue weighted by molar-refractivity contribution is 7.89. The fourth-order valence-corrected chi connectivity index (χ4v) is 4.67. The lowest BCUT2D eigenvalue weighted by molar-refractivity contribution is 0.0940. The minimum atomic E-state index is -3.85. The number of halogens is 3. The van der Waals surface area contributed by atoms with Gasteiger partial charge in [0, 0.05) is 6.04 Å². The Kier molecular flexibility index (Phi) is 5.76. The van der Waals surface area contributed by atoms with Gasteiger partial charge in [-0.3, -0.25) is 4.79 Å². The Morgan fingerprint density at radius 2 is 1.78 bits per heavy atom. The van der Waals surface area contributed by atoms with Crippen LogP contribution in [0.3, 0.4) is 0 Å². The lowest BCUT2D eigenvalue weighted by atomic mass is 10.1. The van der Waals surface area contributed by atoms with Crippen LogP contribution in [0.25, 0.3) is 0 Å². The van der Waals surface area contributed by atoms with E-state index in [-0.39, 0.29) is 32.4 Å². The maximum atomic E-state index is 13.0. The average molecular weight is 431 g/mol. The largest absolute Gasteiger partial charge is 0.345 e. The molecule has 0 saturated heterocycles. The number of carbonyl (C=O) groups is 1. The third-order valence-electron chi connectivity index (χ3n) is 4.17. The van der Waals surface area contributed by atoms with Crippen LogP contribution in [0.2, 0.25) is 10.0 Å². The molecule has 0 bridgehead atoms. The lowest BCUT2D eigenvalue weighted by Crippen LogP contribution is -2.29. The Morgan fingerprint density at radius 3 is 2.37 bits per heavy atom. The van der Waals surface area contributed by atoms with Crippen LogP contribution in [0, 0.1) is 5.82 Å².